The average Bonchev–Trinajstić information content (AvgIpc) is 2.79. The zero-order chi connectivity index (χ0) is 12.6. The Morgan fingerprint density at radius 1 is 1.22 bits per heavy atom. The molecule has 1 N–H and O–H groups in total. The molecule has 0 atom stereocenters. The molecule has 0 radical (unpaired) electrons. The highest BCUT2D eigenvalue weighted by Gasteiger charge is 2.25. The van der Waals surface area contributed by atoms with Gasteiger partial charge in [0.1, 0.15) is 0 Å². The number of hydrogen-bond acceptors (Lipinski definition) is 2. The quantitative estimate of drug-likeness (QED) is 0.859. The molecule has 0 aromatic heterocycles. The molecule has 2 aliphatic heterocycles. The van der Waals surface area contributed by atoms with Crippen molar-refractivity contribution in [3.8, 4) is 0 Å². The molecule has 1 saturated heterocycles. The van der Waals surface area contributed by atoms with Crippen LogP contribution in [-0.2, 0) is 13.0 Å². The summed E-state index contributed by atoms with van der Waals surface area (Å²) in [6.07, 6.45) is 3.85. The molecule has 2 aliphatic rings. The maximum atomic E-state index is 3.47. The van der Waals surface area contributed by atoms with Gasteiger partial charge in [-0.1, -0.05) is 26.0 Å². The van der Waals surface area contributed by atoms with Gasteiger partial charge in [-0.3, -0.25) is 4.90 Å². The van der Waals surface area contributed by atoms with E-state index in [1.807, 2.05) is 0 Å². The van der Waals surface area contributed by atoms with Crippen molar-refractivity contribution in [2.24, 2.45) is 5.41 Å². The molecular weight excluding hydrogens is 220 g/mol. The van der Waals surface area contributed by atoms with E-state index < -0.39 is 0 Å². The molecule has 98 valence electrons. The topological polar surface area (TPSA) is 15.3 Å². The average molecular weight is 244 g/mol. The van der Waals surface area contributed by atoms with Crippen LogP contribution in [0.15, 0.2) is 18.2 Å². The van der Waals surface area contributed by atoms with Gasteiger partial charge >= 0.3 is 0 Å². The van der Waals surface area contributed by atoms with Crippen molar-refractivity contribution < 1.29 is 0 Å². The normalized spacial score (nSPS) is 22.6. The summed E-state index contributed by atoms with van der Waals surface area (Å²) in [5, 5.41) is 3.47. The molecule has 1 fully saturated rings. The van der Waals surface area contributed by atoms with E-state index in [2.05, 4.69) is 42.3 Å². The van der Waals surface area contributed by atoms with E-state index in [0.717, 1.165) is 13.1 Å². The summed E-state index contributed by atoms with van der Waals surface area (Å²) in [6, 6.07) is 6.96. The van der Waals surface area contributed by atoms with Gasteiger partial charge in [-0.2, -0.15) is 0 Å². The first-order valence-electron chi connectivity index (χ1n) is 7.20. The van der Waals surface area contributed by atoms with Crippen LogP contribution in [0.2, 0.25) is 0 Å². The number of fused-ring (bicyclic) bond motifs is 1. The van der Waals surface area contributed by atoms with Crippen LogP contribution in [-0.4, -0.2) is 24.5 Å². The Hall–Kier alpha value is -1.02. The summed E-state index contributed by atoms with van der Waals surface area (Å²) in [5.41, 5.74) is 4.86. The third-order valence-electron chi connectivity index (χ3n) is 4.50. The Morgan fingerprint density at radius 3 is 2.78 bits per heavy atom. The van der Waals surface area contributed by atoms with Crippen molar-refractivity contribution in [1.82, 2.24) is 4.90 Å². The van der Waals surface area contributed by atoms with Crippen molar-refractivity contribution >= 4 is 5.69 Å². The van der Waals surface area contributed by atoms with Gasteiger partial charge in [0.2, 0.25) is 0 Å². The lowest BCUT2D eigenvalue weighted by Crippen LogP contribution is -2.36. The van der Waals surface area contributed by atoms with Crippen molar-refractivity contribution in [3.05, 3.63) is 29.3 Å². The summed E-state index contributed by atoms with van der Waals surface area (Å²) in [5.74, 6) is 0. The minimum atomic E-state index is 0.552. The standard InChI is InChI=1S/C16H24N2/c1-16(2)6-9-18(10-7-16)12-13-3-4-14-5-8-17-15(14)11-13/h3-4,11,17H,5-10,12H2,1-2H3. The fourth-order valence-corrected chi connectivity index (χ4v) is 3.01. The number of nitrogens with one attached hydrogen (secondary N) is 1. The number of piperidine rings is 1. The SMILES string of the molecule is CC1(C)CCN(Cc2ccc3c(c2)NCC3)CC1. The van der Waals surface area contributed by atoms with E-state index in [1.54, 1.807) is 0 Å². The zero-order valence-electron chi connectivity index (χ0n) is 11.6. The van der Waals surface area contributed by atoms with Crippen molar-refractivity contribution in [3.63, 3.8) is 0 Å². The molecule has 0 aliphatic carbocycles. The molecule has 2 heteroatoms. The van der Waals surface area contributed by atoms with E-state index in [9.17, 15) is 0 Å². The molecule has 0 bridgehead atoms. The third-order valence-corrected chi connectivity index (χ3v) is 4.50. The molecule has 2 heterocycles. The lowest BCUT2D eigenvalue weighted by molar-refractivity contribution is 0.127. The monoisotopic (exact) mass is 244 g/mol. The van der Waals surface area contributed by atoms with Crippen LogP contribution in [0.4, 0.5) is 5.69 Å². The Morgan fingerprint density at radius 2 is 2.00 bits per heavy atom. The van der Waals surface area contributed by atoms with Gasteiger partial charge in [-0.05, 0) is 55.0 Å². The molecular formula is C16H24N2. The van der Waals surface area contributed by atoms with Crippen LogP contribution in [0, 0.1) is 5.41 Å². The molecule has 0 unspecified atom stereocenters. The second kappa shape index (κ2) is 4.58. The zero-order valence-corrected chi connectivity index (χ0v) is 11.6. The van der Waals surface area contributed by atoms with Gasteiger partial charge in [0.25, 0.3) is 0 Å². The largest absolute Gasteiger partial charge is 0.384 e. The minimum Gasteiger partial charge on any atom is -0.384 e. The molecule has 2 nitrogen and oxygen atoms in total. The van der Waals surface area contributed by atoms with Crippen LogP contribution < -0.4 is 5.32 Å². The molecule has 0 spiro atoms. The first-order valence-corrected chi connectivity index (χ1v) is 7.20. The first-order chi connectivity index (χ1) is 8.62. The highest BCUT2D eigenvalue weighted by molar-refractivity contribution is 5.57. The summed E-state index contributed by atoms with van der Waals surface area (Å²) < 4.78 is 0. The Bertz CT molecular complexity index is 427. The molecule has 1 aromatic rings. The molecule has 1 aromatic carbocycles. The highest BCUT2D eigenvalue weighted by atomic mass is 15.1. The Kier molecular flexibility index (Phi) is 3.06. The number of anilines is 1. The lowest BCUT2D eigenvalue weighted by atomic mass is 9.82. The molecule has 0 amide bonds. The van der Waals surface area contributed by atoms with Crippen molar-refractivity contribution in [2.45, 2.75) is 39.7 Å². The lowest BCUT2D eigenvalue weighted by Gasteiger charge is -2.37. The Labute approximate surface area is 110 Å². The third kappa shape index (κ3) is 2.54. The maximum absolute atomic E-state index is 3.47. The fraction of sp³-hybridized carbons (Fsp3) is 0.625. The summed E-state index contributed by atoms with van der Waals surface area (Å²) in [7, 11) is 0. The van der Waals surface area contributed by atoms with Crippen LogP contribution in [0.5, 0.6) is 0 Å². The van der Waals surface area contributed by atoms with Gasteiger partial charge in [0.05, 0.1) is 0 Å². The van der Waals surface area contributed by atoms with Crippen LogP contribution in [0.25, 0.3) is 0 Å². The van der Waals surface area contributed by atoms with Gasteiger partial charge in [0, 0.05) is 18.8 Å². The molecule has 3 rings (SSSR count). The number of hydrogen-bond donors (Lipinski definition) is 1. The van der Waals surface area contributed by atoms with Crippen LogP contribution in [0.3, 0.4) is 0 Å². The molecule has 18 heavy (non-hydrogen) atoms. The van der Waals surface area contributed by atoms with E-state index in [0.29, 0.717) is 5.41 Å². The van der Waals surface area contributed by atoms with Crippen molar-refractivity contribution in [1.29, 1.82) is 0 Å². The van der Waals surface area contributed by atoms with E-state index in [1.165, 1.54) is 49.2 Å². The summed E-state index contributed by atoms with van der Waals surface area (Å²) in [4.78, 5) is 2.60. The second-order valence-corrected chi connectivity index (χ2v) is 6.61. The van der Waals surface area contributed by atoms with Gasteiger partial charge in [-0.25, -0.2) is 0 Å². The molecule has 0 saturated carbocycles. The second-order valence-electron chi connectivity index (χ2n) is 6.61. The van der Waals surface area contributed by atoms with Gasteiger partial charge in [-0.15, -0.1) is 0 Å². The minimum absolute atomic E-state index is 0.552. The maximum Gasteiger partial charge on any atom is 0.0376 e. The van der Waals surface area contributed by atoms with Gasteiger partial charge in [0.15, 0.2) is 0 Å². The van der Waals surface area contributed by atoms with E-state index >= 15 is 0 Å². The summed E-state index contributed by atoms with van der Waals surface area (Å²) in [6.45, 7) is 9.50. The number of benzene rings is 1. The highest BCUT2D eigenvalue weighted by Crippen LogP contribution is 2.31. The number of likely N-dealkylation sites (tertiary alicyclic amines) is 1. The van der Waals surface area contributed by atoms with Crippen LogP contribution in [0.1, 0.15) is 37.8 Å². The van der Waals surface area contributed by atoms with Crippen LogP contribution >= 0.6 is 0 Å². The smallest absolute Gasteiger partial charge is 0.0376 e. The Balaban J connectivity index is 1.63. The van der Waals surface area contributed by atoms with Gasteiger partial charge < -0.3 is 5.32 Å². The first kappa shape index (κ1) is 12.0. The van der Waals surface area contributed by atoms with E-state index in [4.69, 9.17) is 0 Å². The number of nitrogens with zero attached hydrogens (tertiary/aromatic N) is 1. The number of rotatable bonds is 2. The van der Waals surface area contributed by atoms with Crippen molar-refractivity contribution in [2.75, 3.05) is 25.0 Å². The predicted molar refractivity (Wildman–Crippen MR) is 76.9 cm³/mol. The van der Waals surface area contributed by atoms with E-state index in [-0.39, 0.29) is 0 Å². The summed E-state index contributed by atoms with van der Waals surface area (Å²) >= 11 is 0. The predicted octanol–water partition coefficient (Wildman–Crippen LogP) is 3.28. The fourth-order valence-electron chi connectivity index (χ4n) is 3.01.